The molecule has 1 aromatic carbocycles. The lowest BCUT2D eigenvalue weighted by Gasteiger charge is -2.06. The number of ether oxygens (including phenoxy) is 1. The van der Waals surface area contributed by atoms with Gasteiger partial charge in [-0.1, -0.05) is 29.8 Å². The minimum atomic E-state index is -0.432. The van der Waals surface area contributed by atoms with Crippen LogP contribution in [0.1, 0.15) is 27.2 Å². The number of amides is 1. The molecule has 0 spiro atoms. The standard InChI is InChI=1S/C16H17NO3S/c1-11-3-5-12(6-4-11)7-8-14(18)17-13-9-10-21-15(13)16(19)20-2/h3-6,9-10H,7-8H2,1-2H3,(H,17,18). The van der Waals surface area contributed by atoms with Gasteiger partial charge in [0.15, 0.2) is 0 Å². The third kappa shape index (κ3) is 4.16. The molecule has 110 valence electrons. The summed E-state index contributed by atoms with van der Waals surface area (Å²) >= 11 is 1.25. The van der Waals surface area contributed by atoms with Crippen LogP contribution >= 0.6 is 11.3 Å². The molecule has 0 bridgehead atoms. The fourth-order valence-corrected chi connectivity index (χ4v) is 2.65. The number of rotatable bonds is 5. The van der Waals surface area contributed by atoms with Crippen LogP contribution < -0.4 is 5.32 Å². The topological polar surface area (TPSA) is 55.4 Å². The zero-order chi connectivity index (χ0) is 15.2. The zero-order valence-electron chi connectivity index (χ0n) is 12.0. The SMILES string of the molecule is COC(=O)c1sccc1NC(=O)CCc1ccc(C)cc1. The van der Waals surface area contributed by atoms with E-state index in [1.165, 1.54) is 24.0 Å². The summed E-state index contributed by atoms with van der Waals surface area (Å²) in [5, 5.41) is 4.51. The van der Waals surface area contributed by atoms with Crippen molar-refractivity contribution >= 4 is 28.9 Å². The Morgan fingerprint density at radius 3 is 2.57 bits per heavy atom. The molecule has 21 heavy (non-hydrogen) atoms. The minimum Gasteiger partial charge on any atom is -0.465 e. The van der Waals surface area contributed by atoms with E-state index in [4.69, 9.17) is 0 Å². The average Bonchev–Trinajstić information content (AvgIpc) is 2.94. The van der Waals surface area contributed by atoms with Gasteiger partial charge in [-0.3, -0.25) is 4.79 Å². The van der Waals surface area contributed by atoms with Crippen LogP contribution in [0.3, 0.4) is 0 Å². The number of anilines is 1. The van der Waals surface area contributed by atoms with Crippen LogP contribution in [0.2, 0.25) is 0 Å². The van der Waals surface area contributed by atoms with Crippen LogP contribution in [0.4, 0.5) is 5.69 Å². The fraction of sp³-hybridized carbons (Fsp3) is 0.250. The van der Waals surface area contributed by atoms with E-state index >= 15 is 0 Å². The number of aryl methyl sites for hydroxylation is 2. The number of nitrogens with one attached hydrogen (secondary N) is 1. The van der Waals surface area contributed by atoms with Crippen LogP contribution in [-0.2, 0) is 16.0 Å². The van der Waals surface area contributed by atoms with Gasteiger partial charge < -0.3 is 10.1 Å². The lowest BCUT2D eigenvalue weighted by atomic mass is 10.1. The summed E-state index contributed by atoms with van der Waals surface area (Å²) < 4.78 is 4.68. The molecule has 0 radical (unpaired) electrons. The Hall–Kier alpha value is -2.14. The molecule has 0 atom stereocenters. The first-order valence-corrected chi connectivity index (χ1v) is 7.49. The normalized spacial score (nSPS) is 10.2. The number of carbonyl (C=O) groups excluding carboxylic acids is 2. The second kappa shape index (κ2) is 7.04. The first kappa shape index (κ1) is 15.3. The molecule has 0 aliphatic carbocycles. The number of hydrogen-bond donors (Lipinski definition) is 1. The van der Waals surface area contributed by atoms with Crippen LogP contribution in [-0.4, -0.2) is 19.0 Å². The van der Waals surface area contributed by atoms with E-state index in [1.807, 2.05) is 31.2 Å². The van der Waals surface area contributed by atoms with Crippen molar-refractivity contribution in [2.24, 2.45) is 0 Å². The maximum Gasteiger partial charge on any atom is 0.350 e. The van der Waals surface area contributed by atoms with E-state index in [0.29, 0.717) is 23.4 Å². The average molecular weight is 303 g/mol. The second-order valence-corrected chi connectivity index (χ2v) is 5.60. The molecule has 1 N–H and O–H groups in total. The number of hydrogen-bond acceptors (Lipinski definition) is 4. The molecule has 0 aliphatic rings. The monoisotopic (exact) mass is 303 g/mol. The lowest BCUT2D eigenvalue weighted by Crippen LogP contribution is -2.14. The first-order chi connectivity index (χ1) is 10.1. The van der Waals surface area contributed by atoms with Gasteiger partial charge in [0.25, 0.3) is 0 Å². The largest absolute Gasteiger partial charge is 0.465 e. The van der Waals surface area contributed by atoms with E-state index in [1.54, 1.807) is 11.4 Å². The Morgan fingerprint density at radius 1 is 1.19 bits per heavy atom. The third-order valence-electron chi connectivity index (χ3n) is 3.07. The summed E-state index contributed by atoms with van der Waals surface area (Å²) in [4.78, 5) is 23.9. The van der Waals surface area contributed by atoms with E-state index < -0.39 is 5.97 Å². The van der Waals surface area contributed by atoms with Crippen molar-refractivity contribution in [3.05, 3.63) is 51.7 Å². The van der Waals surface area contributed by atoms with Gasteiger partial charge in [-0.05, 0) is 30.4 Å². The van der Waals surface area contributed by atoms with Crippen LogP contribution in [0.15, 0.2) is 35.7 Å². The molecule has 0 fully saturated rings. The molecule has 0 saturated heterocycles. The van der Waals surface area contributed by atoms with Gasteiger partial charge in [-0.25, -0.2) is 4.79 Å². The molecule has 1 aromatic heterocycles. The molecule has 1 amide bonds. The number of esters is 1. The van der Waals surface area contributed by atoms with Crippen LogP contribution in [0.5, 0.6) is 0 Å². The molecular formula is C16H17NO3S. The molecule has 0 saturated carbocycles. The predicted octanol–water partition coefficient (Wildman–Crippen LogP) is 3.41. The second-order valence-electron chi connectivity index (χ2n) is 4.69. The Labute approximate surface area is 127 Å². The molecule has 0 unspecified atom stereocenters. The maximum atomic E-state index is 12.0. The highest BCUT2D eigenvalue weighted by atomic mass is 32.1. The van der Waals surface area contributed by atoms with E-state index in [-0.39, 0.29) is 5.91 Å². The molecular weight excluding hydrogens is 286 g/mol. The summed E-state index contributed by atoms with van der Waals surface area (Å²) in [5.41, 5.74) is 2.83. The molecule has 2 aromatic rings. The van der Waals surface area contributed by atoms with Crippen molar-refractivity contribution in [2.75, 3.05) is 12.4 Å². The Morgan fingerprint density at radius 2 is 1.90 bits per heavy atom. The molecule has 4 nitrogen and oxygen atoms in total. The summed E-state index contributed by atoms with van der Waals surface area (Å²) in [6.45, 7) is 2.03. The third-order valence-corrected chi connectivity index (χ3v) is 3.97. The summed E-state index contributed by atoms with van der Waals surface area (Å²) in [7, 11) is 1.32. The van der Waals surface area contributed by atoms with Crippen molar-refractivity contribution in [1.29, 1.82) is 0 Å². The molecule has 0 aliphatic heterocycles. The van der Waals surface area contributed by atoms with Gasteiger partial charge in [-0.15, -0.1) is 11.3 Å². The summed E-state index contributed by atoms with van der Waals surface area (Å²) in [5.74, 6) is -0.544. The number of thiophene rings is 1. The van der Waals surface area contributed by atoms with E-state index in [0.717, 1.165) is 5.56 Å². The summed E-state index contributed by atoms with van der Waals surface area (Å²) in [6, 6.07) is 9.81. The zero-order valence-corrected chi connectivity index (χ0v) is 12.8. The van der Waals surface area contributed by atoms with Gasteiger partial charge in [0.05, 0.1) is 12.8 Å². The maximum absolute atomic E-state index is 12.0. The van der Waals surface area contributed by atoms with Gasteiger partial charge in [-0.2, -0.15) is 0 Å². The Balaban J connectivity index is 1.92. The highest BCUT2D eigenvalue weighted by Gasteiger charge is 2.15. The Kier molecular flexibility index (Phi) is 5.11. The van der Waals surface area contributed by atoms with E-state index in [2.05, 4.69) is 10.1 Å². The number of methoxy groups -OCH3 is 1. The fourth-order valence-electron chi connectivity index (χ4n) is 1.88. The quantitative estimate of drug-likeness (QED) is 0.861. The van der Waals surface area contributed by atoms with Crippen molar-refractivity contribution in [3.63, 3.8) is 0 Å². The van der Waals surface area contributed by atoms with Crippen molar-refractivity contribution in [3.8, 4) is 0 Å². The van der Waals surface area contributed by atoms with Crippen LogP contribution in [0.25, 0.3) is 0 Å². The molecule has 2 rings (SSSR count). The molecule has 1 heterocycles. The summed E-state index contributed by atoms with van der Waals surface area (Å²) in [6.07, 6.45) is 1.04. The molecule has 5 heteroatoms. The predicted molar refractivity (Wildman–Crippen MR) is 83.8 cm³/mol. The van der Waals surface area contributed by atoms with Crippen molar-refractivity contribution < 1.29 is 14.3 Å². The van der Waals surface area contributed by atoms with Crippen LogP contribution in [0, 0.1) is 6.92 Å². The van der Waals surface area contributed by atoms with E-state index in [9.17, 15) is 9.59 Å². The van der Waals surface area contributed by atoms with Gasteiger partial charge >= 0.3 is 5.97 Å². The number of benzene rings is 1. The Bertz CT molecular complexity index is 631. The smallest absolute Gasteiger partial charge is 0.350 e. The minimum absolute atomic E-state index is 0.112. The first-order valence-electron chi connectivity index (χ1n) is 6.61. The lowest BCUT2D eigenvalue weighted by molar-refractivity contribution is -0.116. The number of carbonyl (C=O) groups is 2. The van der Waals surface area contributed by atoms with Crippen molar-refractivity contribution in [2.45, 2.75) is 19.8 Å². The van der Waals surface area contributed by atoms with Crippen molar-refractivity contribution in [1.82, 2.24) is 0 Å². The van der Waals surface area contributed by atoms with Gasteiger partial charge in [0.1, 0.15) is 4.88 Å². The van der Waals surface area contributed by atoms with Gasteiger partial charge in [0.2, 0.25) is 5.91 Å². The van der Waals surface area contributed by atoms with Gasteiger partial charge in [0, 0.05) is 6.42 Å². The highest BCUT2D eigenvalue weighted by molar-refractivity contribution is 7.12. The highest BCUT2D eigenvalue weighted by Crippen LogP contribution is 2.23.